The Kier molecular flexibility index (Phi) is 5.79. The van der Waals surface area contributed by atoms with Crippen molar-refractivity contribution in [3.63, 3.8) is 0 Å². The number of carbonyl (C=O) groups excluding carboxylic acids is 2. The van der Waals surface area contributed by atoms with Crippen molar-refractivity contribution in [2.45, 2.75) is 0 Å². The molecule has 32 heavy (non-hydrogen) atoms. The van der Waals surface area contributed by atoms with Crippen molar-refractivity contribution in [1.82, 2.24) is 5.32 Å². The quantitative estimate of drug-likeness (QED) is 0.182. The number of benzene rings is 2. The van der Waals surface area contributed by atoms with Crippen molar-refractivity contribution in [2.75, 3.05) is 4.90 Å². The van der Waals surface area contributed by atoms with E-state index in [1.807, 2.05) is 0 Å². The summed E-state index contributed by atoms with van der Waals surface area (Å²) in [6.45, 7) is 0. The van der Waals surface area contributed by atoms with Crippen LogP contribution in [0.15, 0.2) is 64.6 Å². The highest BCUT2D eigenvalue weighted by atomic mass is 35.5. The van der Waals surface area contributed by atoms with Crippen molar-refractivity contribution < 1.29 is 18.9 Å². The van der Waals surface area contributed by atoms with E-state index in [1.165, 1.54) is 24.3 Å². The zero-order chi connectivity index (χ0) is 23.0. The summed E-state index contributed by atoms with van der Waals surface area (Å²) in [5.41, 5.74) is 0.237. The number of furan rings is 1. The molecule has 2 aromatic carbocycles. The lowest BCUT2D eigenvalue weighted by atomic mass is 10.1. The molecule has 1 saturated heterocycles. The highest BCUT2D eigenvalue weighted by Crippen LogP contribution is 2.32. The normalized spacial score (nSPS) is 15.2. The minimum absolute atomic E-state index is 0.00671. The summed E-state index contributed by atoms with van der Waals surface area (Å²) < 4.78 is 5.68. The van der Waals surface area contributed by atoms with Crippen LogP contribution < -0.4 is 10.2 Å². The number of amides is 2. The fourth-order valence-corrected chi connectivity index (χ4v) is 3.72. The zero-order valence-electron chi connectivity index (χ0n) is 15.9. The second kappa shape index (κ2) is 8.54. The summed E-state index contributed by atoms with van der Waals surface area (Å²) in [7, 11) is 0. The highest BCUT2D eigenvalue weighted by Gasteiger charge is 2.35. The Morgan fingerprint density at radius 3 is 2.53 bits per heavy atom. The van der Waals surface area contributed by atoms with Crippen LogP contribution in [0.5, 0.6) is 0 Å². The molecule has 1 aliphatic rings. The molecule has 0 saturated carbocycles. The van der Waals surface area contributed by atoms with Gasteiger partial charge in [-0.15, -0.1) is 0 Å². The van der Waals surface area contributed by atoms with Crippen LogP contribution in [-0.2, 0) is 9.59 Å². The van der Waals surface area contributed by atoms with Crippen molar-refractivity contribution in [3.8, 4) is 11.3 Å². The molecular formula is C21H11Cl2N3O5S. The maximum Gasteiger partial charge on any atom is 0.288 e. The van der Waals surface area contributed by atoms with Crippen molar-refractivity contribution in [1.29, 1.82) is 0 Å². The summed E-state index contributed by atoms with van der Waals surface area (Å²) in [6.07, 6.45) is 1.26. The van der Waals surface area contributed by atoms with Crippen LogP contribution in [0.2, 0.25) is 10.0 Å². The van der Waals surface area contributed by atoms with Gasteiger partial charge in [0.25, 0.3) is 17.5 Å². The third-order valence-electron chi connectivity index (χ3n) is 4.54. The molecule has 8 nitrogen and oxygen atoms in total. The average Bonchev–Trinajstić information content (AvgIpc) is 3.21. The van der Waals surface area contributed by atoms with Crippen LogP contribution in [0.1, 0.15) is 5.76 Å². The summed E-state index contributed by atoms with van der Waals surface area (Å²) in [5.74, 6) is -0.892. The van der Waals surface area contributed by atoms with E-state index in [0.717, 1.165) is 4.90 Å². The molecule has 0 aliphatic carbocycles. The van der Waals surface area contributed by atoms with Gasteiger partial charge < -0.3 is 4.42 Å². The van der Waals surface area contributed by atoms with Gasteiger partial charge >= 0.3 is 0 Å². The predicted octanol–water partition coefficient (Wildman–Crippen LogP) is 4.99. The Hall–Kier alpha value is -3.53. The third kappa shape index (κ3) is 4.01. The molecule has 4 rings (SSSR count). The Morgan fingerprint density at radius 1 is 1.06 bits per heavy atom. The van der Waals surface area contributed by atoms with E-state index in [2.05, 4.69) is 5.32 Å². The number of thiocarbonyl (C=S) groups is 1. The van der Waals surface area contributed by atoms with Gasteiger partial charge in [-0.1, -0.05) is 35.3 Å². The van der Waals surface area contributed by atoms with Gasteiger partial charge in [-0.25, -0.2) is 0 Å². The summed E-state index contributed by atoms with van der Waals surface area (Å²) in [5, 5.41) is 13.8. The highest BCUT2D eigenvalue weighted by molar-refractivity contribution is 7.80. The minimum atomic E-state index is -0.691. The number of nitro groups is 1. The first kappa shape index (κ1) is 21.7. The molecule has 0 unspecified atom stereocenters. The maximum absolute atomic E-state index is 13.1. The topological polar surface area (TPSA) is 106 Å². The molecule has 0 spiro atoms. The molecule has 3 aromatic rings. The maximum atomic E-state index is 13.1. The van der Waals surface area contributed by atoms with Gasteiger partial charge in [-0.2, -0.15) is 0 Å². The number of para-hydroxylation sites is 1. The minimum Gasteiger partial charge on any atom is -0.457 e. The zero-order valence-corrected chi connectivity index (χ0v) is 18.2. The van der Waals surface area contributed by atoms with E-state index in [1.54, 1.807) is 36.4 Å². The molecule has 1 aliphatic heterocycles. The van der Waals surface area contributed by atoms with Gasteiger partial charge in [0, 0.05) is 11.6 Å². The fraction of sp³-hybridized carbons (Fsp3) is 0. The number of carbonyl (C=O) groups is 2. The largest absolute Gasteiger partial charge is 0.457 e. The van der Waals surface area contributed by atoms with Crippen LogP contribution in [0, 0.1) is 10.1 Å². The molecule has 0 radical (unpaired) electrons. The van der Waals surface area contributed by atoms with Crippen molar-refractivity contribution >= 4 is 69.8 Å². The Labute approximate surface area is 196 Å². The standard InChI is InChI=1S/C21H11Cl2N3O5S/c22-14-3-1-2-4-16(14)25-20(28)13(19(27)24-21(25)32)10-12-6-8-18(31-12)11-5-7-15(23)17(9-11)26(29)30/h1-10H,(H,24,27,32)/b13-10-. The van der Waals surface area contributed by atoms with Crippen molar-refractivity contribution in [3.05, 3.63) is 86.1 Å². The number of nitro benzene ring substituents is 1. The van der Waals surface area contributed by atoms with Gasteiger partial charge in [0.05, 0.1) is 15.6 Å². The number of hydrogen-bond acceptors (Lipinski definition) is 6. The SMILES string of the molecule is O=C1NC(=S)N(c2ccccc2Cl)C(=O)/C1=C\c1ccc(-c2ccc(Cl)c([N+](=O)[O-])c2)o1. The molecule has 2 amide bonds. The lowest BCUT2D eigenvalue weighted by Gasteiger charge is -2.29. The fourth-order valence-electron chi connectivity index (χ4n) is 3.04. The average molecular weight is 488 g/mol. The molecule has 11 heteroatoms. The number of rotatable bonds is 4. The smallest absolute Gasteiger partial charge is 0.288 e. The van der Waals surface area contributed by atoms with E-state index >= 15 is 0 Å². The second-order valence-electron chi connectivity index (χ2n) is 6.53. The first-order chi connectivity index (χ1) is 15.3. The van der Waals surface area contributed by atoms with Gasteiger partial charge in [0.2, 0.25) is 0 Å². The van der Waals surface area contributed by atoms with Crippen LogP contribution in [0.25, 0.3) is 17.4 Å². The van der Waals surface area contributed by atoms with Crippen LogP contribution in [0.3, 0.4) is 0 Å². The molecule has 1 N–H and O–H groups in total. The summed E-state index contributed by atoms with van der Waals surface area (Å²) in [6, 6.07) is 13.9. The van der Waals surface area contributed by atoms with E-state index < -0.39 is 16.7 Å². The van der Waals surface area contributed by atoms with Crippen LogP contribution in [0.4, 0.5) is 11.4 Å². The molecule has 1 aromatic heterocycles. The Bertz CT molecular complexity index is 1330. The Balaban J connectivity index is 1.69. The predicted molar refractivity (Wildman–Crippen MR) is 123 cm³/mol. The van der Waals surface area contributed by atoms with Crippen LogP contribution >= 0.6 is 35.4 Å². The second-order valence-corrected chi connectivity index (χ2v) is 7.74. The van der Waals surface area contributed by atoms with E-state index in [-0.39, 0.29) is 32.2 Å². The van der Waals surface area contributed by atoms with Gasteiger partial charge in [0.15, 0.2) is 5.11 Å². The Morgan fingerprint density at radius 2 is 1.81 bits per heavy atom. The van der Waals surface area contributed by atoms with Gasteiger partial charge in [0.1, 0.15) is 22.1 Å². The molecule has 0 atom stereocenters. The van der Waals surface area contributed by atoms with Crippen LogP contribution in [-0.4, -0.2) is 21.9 Å². The van der Waals surface area contributed by atoms with E-state index in [4.69, 9.17) is 39.8 Å². The molecular weight excluding hydrogens is 477 g/mol. The lowest BCUT2D eigenvalue weighted by molar-refractivity contribution is -0.384. The number of anilines is 1. The lowest BCUT2D eigenvalue weighted by Crippen LogP contribution is -2.54. The number of hydrogen-bond donors (Lipinski definition) is 1. The van der Waals surface area contributed by atoms with Gasteiger partial charge in [-0.05, 0) is 54.7 Å². The first-order valence-electron chi connectivity index (χ1n) is 8.96. The van der Waals surface area contributed by atoms with Crippen molar-refractivity contribution in [2.24, 2.45) is 0 Å². The first-order valence-corrected chi connectivity index (χ1v) is 10.1. The number of nitrogens with zero attached hydrogens (tertiary/aromatic N) is 2. The summed E-state index contributed by atoms with van der Waals surface area (Å²) >= 11 is 17.2. The molecule has 2 heterocycles. The summed E-state index contributed by atoms with van der Waals surface area (Å²) in [4.78, 5) is 37.1. The monoisotopic (exact) mass is 487 g/mol. The molecule has 0 bridgehead atoms. The van der Waals surface area contributed by atoms with E-state index in [0.29, 0.717) is 17.0 Å². The number of halogens is 2. The number of nitrogens with one attached hydrogen (secondary N) is 1. The molecule has 1 fully saturated rings. The van der Waals surface area contributed by atoms with Gasteiger partial charge in [-0.3, -0.25) is 29.9 Å². The third-order valence-corrected chi connectivity index (χ3v) is 5.46. The molecule has 160 valence electrons. The van der Waals surface area contributed by atoms with E-state index in [9.17, 15) is 19.7 Å².